The van der Waals surface area contributed by atoms with Crippen LogP contribution in [0.2, 0.25) is 0 Å². The summed E-state index contributed by atoms with van der Waals surface area (Å²) in [6.45, 7) is 0. The molecule has 0 aliphatic rings. The Balaban J connectivity index is 2.50. The van der Waals surface area contributed by atoms with E-state index in [1.807, 2.05) is 6.07 Å². The lowest BCUT2D eigenvalue weighted by molar-refractivity contribution is -0.384. The number of nitrogens with zero attached hydrogens (tertiary/aromatic N) is 3. The molecule has 0 unspecified atom stereocenters. The molecule has 0 aliphatic heterocycles. The molecule has 2 aromatic rings. The summed E-state index contributed by atoms with van der Waals surface area (Å²) in [5, 5.41) is 19.9. The van der Waals surface area contributed by atoms with Crippen molar-refractivity contribution >= 4 is 17.1 Å². The molecule has 0 aromatic heterocycles. The fourth-order valence-corrected chi connectivity index (χ4v) is 1.85. The molecule has 0 saturated heterocycles. The molecule has 0 aliphatic carbocycles. The fourth-order valence-electron chi connectivity index (χ4n) is 1.85. The topological polar surface area (TPSA) is 70.2 Å². The van der Waals surface area contributed by atoms with Gasteiger partial charge in [-0.2, -0.15) is 5.26 Å². The molecule has 0 N–H and O–H groups in total. The summed E-state index contributed by atoms with van der Waals surface area (Å²) < 4.78 is 13.1. The lowest BCUT2D eigenvalue weighted by Gasteiger charge is -2.19. The van der Waals surface area contributed by atoms with Crippen LogP contribution in [0.5, 0.6) is 0 Å². The third-order valence-corrected chi connectivity index (χ3v) is 2.86. The smallest absolute Gasteiger partial charge is 0.295 e. The predicted molar refractivity (Wildman–Crippen MR) is 72.3 cm³/mol. The Bertz CT molecular complexity index is 710. The second kappa shape index (κ2) is 5.36. The molecule has 0 spiro atoms. The van der Waals surface area contributed by atoms with Gasteiger partial charge in [-0.15, -0.1) is 0 Å². The minimum Gasteiger partial charge on any atom is -0.339 e. The van der Waals surface area contributed by atoms with Crippen molar-refractivity contribution in [1.29, 1.82) is 5.26 Å². The van der Waals surface area contributed by atoms with E-state index in [-0.39, 0.29) is 11.4 Å². The zero-order valence-corrected chi connectivity index (χ0v) is 10.6. The third-order valence-electron chi connectivity index (χ3n) is 2.86. The Kier molecular flexibility index (Phi) is 3.62. The van der Waals surface area contributed by atoms with Crippen LogP contribution in [0, 0.1) is 27.3 Å². The van der Waals surface area contributed by atoms with Crippen LogP contribution in [-0.2, 0) is 0 Å². The summed E-state index contributed by atoms with van der Waals surface area (Å²) in [6.07, 6.45) is 0. The van der Waals surface area contributed by atoms with Crippen molar-refractivity contribution in [2.75, 3.05) is 11.9 Å². The van der Waals surface area contributed by atoms with Crippen LogP contribution in [0.15, 0.2) is 42.5 Å². The summed E-state index contributed by atoms with van der Waals surface area (Å²) in [5.41, 5.74) is 0.985. The minimum atomic E-state index is -0.667. The Hall–Kier alpha value is -2.94. The molecular formula is C14H10FN3O2. The number of benzene rings is 2. The molecule has 0 saturated carbocycles. The van der Waals surface area contributed by atoms with Crippen molar-refractivity contribution in [2.24, 2.45) is 0 Å². The van der Waals surface area contributed by atoms with Gasteiger partial charge in [-0.1, -0.05) is 6.07 Å². The van der Waals surface area contributed by atoms with Gasteiger partial charge in [0, 0.05) is 12.7 Å². The van der Waals surface area contributed by atoms with E-state index in [0.717, 1.165) is 12.1 Å². The Morgan fingerprint density at radius 3 is 2.70 bits per heavy atom. The van der Waals surface area contributed by atoms with Gasteiger partial charge in [0.15, 0.2) is 0 Å². The van der Waals surface area contributed by atoms with Crippen molar-refractivity contribution < 1.29 is 9.31 Å². The molecule has 2 aromatic carbocycles. The number of anilines is 2. The summed E-state index contributed by atoms with van der Waals surface area (Å²) in [6, 6.07) is 12.0. The standard InChI is InChI=1S/C14H10FN3O2/c1-17(12-4-2-3-10(7-12)9-16)13-6-5-11(15)8-14(13)18(19)20/h2-8H,1H3. The monoisotopic (exact) mass is 271 g/mol. The Morgan fingerprint density at radius 2 is 2.05 bits per heavy atom. The maximum atomic E-state index is 13.1. The van der Waals surface area contributed by atoms with Gasteiger partial charge >= 0.3 is 0 Å². The van der Waals surface area contributed by atoms with E-state index in [0.29, 0.717) is 11.3 Å². The first-order valence-corrected chi connectivity index (χ1v) is 5.71. The zero-order chi connectivity index (χ0) is 14.7. The molecule has 20 heavy (non-hydrogen) atoms. The number of nitro groups is 1. The summed E-state index contributed by atoms with van der Waals surface area (Å²) in [7, 11) is 1.62. The van der Waals surface area contributed by atoms with Crippen LogP contribution < -0.4 is 4.90 Å². The highest BCUT2D eigenvalue weighted by atomic mass is 19.1. The highest BCUT2D eigenvalue weighted by molar-refractivity contribution is 5.72. The fraction of sp³-hybridized carbons (Fsp3) is 0.0714. The number of rotatable bonds is 3. The number of hydrogen-bond donors (Lipinski definition) is 0. The number of halogens is 1. The molecule has 5 nitrogen and oxygen atoms in total. The average Bonchev–Trinajstić information content (AvgIpc) is 2.46. The molecule has 2 rings (SSSR count). The van der Waals surface area contributed by atoms with E-state index < -0.39 is 10.7 Å². The highest BCUT2D eigenvalue weighted by Crippen LogP contribution is 2.33. The zero-order valence-electron chi connectivity index (χ0n) is 10.6. The van der Waals surface area contributed by atoms with E-state index in [2.05, 4.69) is 0 Å². The quantitative estimate of drug-likeness (QED) is 0.633. The van der Waals surface area contributed by atoms with Crippen LogP contribution in [0.3, 0.4) is 0 Å². The Morgan fingerprint density at radius 1 is 1.30 bits per heavy atom. The van der Waals surface area contributed by atoms with Crippen molar-refractivity contribution in [3.63, 3.8) is 0 Å². The largest absolute Gasteiger partial charge is 0.339 e. The normalized spacial score (nSPS) is 9.85. The first-order valence-electron chi connectivity index (χ1n) is 5.71. The van der Waals surface area contributed by atoms with Gasteiger partial charge in [0.2, 0.25) is 0 Å². The SMILES string of the molecule is CN(c1cccc(C#N)c1)c1ccc(F)cc1[N+](=O)[O-]. The van der Waals surface area contributed by atoms with Crippen molar-refractivity contribution in [2.45, 2.75) is 0 Å². The molecule has 0 fully saturated rings. The van der Waals surface area contributed by atoms with Gasteiger partial charge in [0.05, 0.1) is 22.6 Å². The first kappa shape index (κ1) is 13.5. The molecular weight excluding hydrogens is 261 g/mol. The van der Waals surface area contributed by atoms with Gasteiger partial charge in [0.25, 0.3) is 5.69 Å². The van der Waals surface area contributed by atoms with Gasteiger partial charge in [-0.05, 0) is 30.3 Å². The van der Waals surface area contributed by atoms with Gasteiger partial charge in [-0.3, -0.25) is 10.1 Å². The van der Waals surface area contributed by atoms with Crippen LogP contribution in [-0.4, -0.2) is 12.0 Å². The van der Waals surface area contributed by atoms with Gasteiger partial charge in [-0.25, -0.2) is 4.39 Å². The lowest BCUT2D eigenvalue weighted by Crippen LogP contribution is -2.11. The molecule has 0 amide bonds. The van der Waals surface area contributed by atoms with Crippen LogP contribution >= 0.6 is 0 Å². The number of nitriles is 1. The van der Waals surface area contributed by atoms with Gasteiger partial charge in [0.1, 0.15) is 11.5 Å². The van der Waals surface area contributed by atoms with Gasteiger partial charge < -0.3 is 4.90 Å². The lowest BCUT2D eigenvalue weighted by atomic mass is 10.2. The average molecular weight is 271 g/mol. The maximum Gasteiger partial charge on any atom is 0.295 e. The molecule has 0 heterocycles. The molecule has 0 bridgehead atoms. The third kappa shape index (κ3) is 2.57. The van der Waals surface area contributed by atoms with Crippen LogP contribution in [0.4, 0.5) is 21.5 Å². The maximum absolute atomic E-state index is 13.1. The van der Waals surface area contributed by atoms with Crippen LogP contribution in [0.1, 0.15) is 5.56 Å². The minimum absolute atomic E-state index is 0.256. The molecule has 0 radical (unpaired) electrons. The second-order valence-electron chi connectivity index (χ2n) is 4.11. The molecule has 6 heteroatoms. The summed E-state index contributed by atoms with van der Waals surface area (Å²) in [5.74, 6) is -0.667. The first-order chi connectivity index (χ1) is 9.52. The number of nitro benzene ring substituents is 1. The van der Waals surface area contributed by atoms with E-state index in [9.17, 15) is 14.5 Å². The molecule has 0 atom stereocenters. The number of hydrogen-bond acceptors (Lipinski definition) is 4. The van der Waals surface area contributed by atoms with E-state index >= 15 is 0 Å². The van der Waals surface area contributed by atoms with E-state index in [4.69, 9.17) is 5.26 Å². The summed E-state index contributed by atoms with van der Waals surface area (Å²) >= 11 is 0. The van der Waals surface area contributed by atoms with Crippen LogP contribution in [0.25, 0.3) is 0 Å². The van der Waals surface area contributed by atoms with Crippen molar-refractivity contribution in [1.82, 2.24) is 0 Å². The van der Waals surface area contributed by atoms with E-state index in [1.54, 1.807) is 36.2 Å². The predicted octanol–water partition coefficient (Wildman–Crippen LogP) is 3.37. The highest BCUT2D eigenvalue weighted by Gasteiger charge is 2.19. The molecule has 100 valence electrons. The van der Waals surface area contributed by atoms with Crippen molar-refractivity contribution in [3.8, 4) is 6.07 Å². The Labute approximate surface area is 114 Å². The van der Waals surface area contributed by atoms with E-state index in [1.165, 1.54) is 6.07 Å². The second-order valence-corrected chi connectivity index (χ2v) is 4.11. The summed E-state index contributed by atoms with van der Waals surface area (Å²) in [4.78, 5) is 11.9. The van der Waals surface area contributed by atoms with Crippen molar-refractivity contribution in [3.05, 3.63) is 64.0 Å².